The Morgan fingerprint density at radius 2 is 0.759 bits per heavy atom. The second-order valence-electron chi connectivity index (χ2n) is 24.9. The molecule has 0 aromatic heterocycles. The molecular weight excluding hydrogens is 996 g/mol. The third-order valence-electron chi connectivity index (χ3n) is 15.8. The normalized spacial score (nSPS) is 14.0. The van der Waals surface area contributed by atoms with Crippen LogP contribution in [0.2, 0.25) is 0 Å². The maximum absolute atomic E-state index is 13.1. The molecule has 0 saturated heterocycles. The molecule has 0 rings (SSSR count). The number of hydrogen-bond acceptors (Lipinski definition) is 5. The van der Waals surface area contributed by atoms with Gasteiger partial charge >= 0.3 is 7.82 Å². The van der Waals surface area contributed by atoms with Gasteiger partial charge in [0.15, 0.2) is 0 Å². The van der Waals surface area contributed by atoms with Crippen LogP contribution < -0.4 is 5.32 Å². The van der Waals surface area contributed by atoms with Gasteiger partial charge in [-0.05, 0) is 51.4 Å². The highest BCUT2D eigenvalue weighted by Crippen LogP contribution is 2.43. The Morgan fingerprint density at radius 3 is 1.11 bits per heavy atom. The molecule has 3 N–H and O–H groups in total. The Balaban J connectivity index is 4.02. The number of nitrogens with zero attached hydrogens (tertiary/aromatic N) is 1. The van der Waals surface area contributed by atoms with Crippen LogP contribution in [0.1, 0.15) is 341 Å². The Labute approximate surface area is 492 Å². The zero-order valence-corrected chi connectivity index (χ0v) is 54.3. The molecule has 0 aromatic carbocycles. The van der Waals surface area contributed by atoms with Crippen LogP contribution in [0.5, 0.6) is 0 Å². The number of phosphoric acid groups is 1. The number of phosphoric ester groups is 1. The largest absolute Gasteiger partial charge is 0.472 e. The second-order valence-corrected chi connectivity index (χ2v) is 26.3. The van der Waals surface area contributed by atoms with Crippen molar-refractivity contribution >= 4 is 13.7 Å². The number of hydrogen-bond donors (Lipinski definition) is 3. The highest BCUT2D eigenvalue weighted by molar-refractivity contribution is 7.47. The maximum Gasteiger partial charge on any atom is 0.472 e. The van der Waals surface area contributed by atoms with Gasteiger partial charge in [0.1, 0.15) is 13.2 Å². The number of amides is 1. The van der Waals surface area contributed by atoms with E-state index in [0.717, 1.165) is 64.2 Å². The zero-order chi connectivity index (χ0) is 57.7. The first kappa shape index (κ1) is 77.5. The quantitative estimate of drug-likeness (QED) is 0.0243. The van der Waals surface area contributed by atoms with Crippen LogP contribution >= 0.6 is 7.82 Å². The third kappa shape index (κ3) is 63.9. The molecular formula is C70H136N2O6P+. The van der Waals surface area contributed by atoms with Crippen LogP contribution in [0.3, 0.4) is 0 Å². The number of unbranched alkanes of at least 4 members (excludes halogenated alkanes) is 43. The molecule has 0 aliphatic heterocycles. The van der Waals surface area contributed by atoms with E-state index in [1.165, 1.54) is 250 Å². The van der Waals surface area contributed by atoms with E-state index in [-0.39, 0.29) is 19.1 Å². The molecule has 0 saturated carbocycles. The van der Waals surface area contributed by atoms with Gasteiger partial charge in [0.05, 0.1) is 39.9 Å². The number of allylic oxidation sites excluding steroid dienone is 8. The molecule has 9 heteroatoms. The summed E-state index contributed by atoms with van der Waals surface area (Å²) in [6.07, 6.45) is 82.1. The SMILES string of the molecule is CC/C=C\C/C=C\C/C=C\C/C=C\CCCCCCCCCCCCCCCCCCCCC(=O)NC(COP(=O)(O)OCC[N+](C)(C)C)C(O)CCCCCCCCCCCCCCCCCCCCCCCCCCCC. The molecule has 0 aliphatic carbocycles. The average molecular weight is 1130 g/mol. The fraction of sp³-hybridized carbons (Fsp3) is 0.871. The number of nitrogens with one attached hydrogen (secondary N) is 1. The van der Waals surface area contributed by atoms with Crippen molar-refractivity contribution in [1.29, 1.82) is 0 Å². The molecule has 0 bridgehead atoms. The van der Waals surface area contributed by atoms with Crippen molar-refractivity contribution in [3.05, 3.63) is 48.6 Å². The van der Waals surface area contributed by atoms with Crippen LogP contribution in [-0.4, -0.2) is 73.4 Å². The Morgan fingerprint density at radius 1 is 0.443 bits per heavy atom. The van der Waals surface area contributed by atoms with E-state index < -0.39 is 20.0 Å². The van der Waals surface area contributed by atoms with E-state index in [2.05, 4.69) is 67.8 Å². The predicted molar refractivity (Wildman–Crippen MR) is 346 cm³/mol. The lowest BCUT2D eigenvalue weighted by atomic mass is 10.0. The Bertz CT molecular complexity index is 1430. The molecule has 3 unspecified atom stereocenters. The van der Waals surface area contributed by atoms with E-state index in [1.54, 1.807) is 0 Å². The summed E-state index contributed by atoms with van der Waals surface area (Å²) in [5.41, 5.74) is 0. The van der Waals surface area contributed by atoms with E-state index in [4.69, 9.17) is 9.05 Å². The first-order valence-electron chi connectivity index (χ1n) is 34.5. The molecule has 1 amide bonds. The lowest BCUT2D eigenvalue weighted by Crippen LogP contribution is -2.46. The summed E-state index contributed by atoms with van der Waals surface area (Å²) in [6.45, 7) is 4.83. The van der Waals surface area contributed by atoms with Crippen LogP contribution in [-0.2, 0) is 18.4 Å². The fourth-order valence-electron chi connectivity index (χ4n) is 10.5. The molecule has 0 radical (unpaired) electrons. The van der Waals surface area contributed by atoms with Gasteiger partial charge in [0, 0.05) is 6.42 Å². The minimum Gasteiger partial charge on any atom is -0.391 e. The van der Waals surface area contributed by atoms with Gasteiger partial charge in [-0.25, -0.2) is 4.57 Å². The van der Waals surface area contributed by atoms with Gasteiger partial charge < -0.3 is 19.8 Å². The summed E-state index contributed by atoms with van der Waals surface area (Å²) in [5, 5.41) is 14.2. The van der Waals surface area contributed by atoms with Gasteiger partial charge in [0.25, 0.3) is 0 Å². The molecule has 466 valence electrons. The van der Waals surface area contributed by atoms with Crippen molar-refractivity contribution in [3.8, 4) is 0 Å². The highest BCUT2D eigenvalue weighted by atomic mass is 31.2. The highest BCUT2D eigenvalue weighted by Gasteiger charge is 2.28. The summed E-state index contributed by atoms with van der Waals surface area (Å²) < 4.78 is 23.9. The van der Waals surface area contributed by atoms with Crippen molar-refractivity contribution in [3.63, 3.8) is 0 Å². The topological polar surface area (TPSA) is 105 Å². The summed E-state index contributed by atoms with van der Waals surface area (Å²) >= 11 is 0. The third-order valence-corrected chi connectivity index (χ3v) is 16.8. The molecule has 0 heterocycles. The molecule has 0 aromatic rings. The number of rotatable bonds is 64. The number of likely N-dealkylation sites (N-methyl/N-ethyl adjacent to an activating group) is 1. The molecule has 0 spiro atoms. The molecule has 0 fully saturated rings. The molecule has 8 nitrogen and oxygen atoms in total. The van der Waals surface area contributed by atoms with Crippen molar-refractivity contribution in [1.82, 2.24) is 5.32 Å². The van der Waals surface area contributed by atoms with Gasteiger partial charge in [-0.3, -0.25) is 13.8 Å². The monoisotopic (exact) mass is 1130 g/mol. The number of quaternary nitrogens is 1. The minimum absolute atomic E-state index is 0.0759. The van der Waals surface area contributed by atoms with Gasteiger partial charge in [-0.15, -0.1) is 0 Å². The van der Waals surface area contributed by atoms with Gasteiger partial charge in [-0.1, -0.05) is 332 Å². The van der Waals surface area contributed by atoms with E-state index >= 15 is 0 Å². The summed E-state index contributed by atoms with van der Waals surface area (Å²) in [6, 6.07) is -0.762. The fourth-order valence-corrected chi connectivity index (χ4v) is 11.2. The van der Waals surface area contributed by atoms with E-state index in [0.29, 0.717) is 23.9 Å². The standard InChI is InChI=1S/C70H135N2O6P/c1-6-8-10-12-14-16-18-20-22-24-26-28-30-32-34-35-36-37-38-40-42-44-46-48-50-52-54-56-58-60-62-64-70(74)71-68(67-78-79(75,76)77-66-65-72(3,4)5)69(73)63-61-59-57-55-53-51-49-47-45-43-41-39-33-31-29-27-25-23-21-19-17-15-13-11-9-7-2/h8,10,14,16,20,22,26,28,68-69,73H,6-7,9,11-13,15,17-19,21,23-25,27,29-67H2,1-5H3,(H-,71,74,75,76)/p+1/b10-8-,16-14-,22-20-,28-26-. The summed E-state index contributed by atoms with van der Waals surface area (Å²) in [7, 11) is 1.63. The van der Waals surface area contributed by atoms with Crippen LogP contribution in [0.25, 0.3) is 0 Å². The van der Waals surface area contributed by atoms with Crippen molar-refractivity contribution < 1.29 is 32.9 Å². The second kappa shape index (κ2) is 61.0. The Kier molecular flexibility index (Phi) is 59.8. The van der Waals surface area contributed by atoms with Gasteiger partial charge in [-0.2, -0.15) is 0 Å². The average Bonchev–Trinajstić information content (AvgIpc) is 3.42. The number of carbonyl (C=O) groups excluding carboxylic acids is 1. The first-order chi connectivity index (χ1) is 38.5. The number of aliphatic hydroxyl groups is 1. The van der Waals surface area contributed by atoms with Crippen molar-refractivity contribution in [2.75, 3.05) is 40.9 Å². The van der Waals surface area contributed by atoms with E-state index in [1.807, 2.05) is 21.1 Å². The maximum atomic E-state index is 13.1. The minimum atomic E-state index is -4.33. The lowest BCUT2D eigenvalue weighted by Gasteiger charge is -2.26. The van der Waals surface area contributed by atoms with Crippen LogP contribution in [0, 0.1) is 0 Å². The summed E-state index contributed by atoms with van der Waals surface area (Å²) in [4.78, 5) is 23.5. The summed E-state index contributed by atoms with van der Waals surface area (Å²) in [5.74, 6) is -0.138. The molecule has 79 heavy (non-hydrogen) atoms. The number of carbonyl (C=O) groups is 1. The molecule has 0 aliphatic rings. The van der Waals surface area contributed by atoms with Crippen molar-refractivity contribution in [2.45, 2.75) is 353 Å². The van der Waals surface area contributed by atoms with Crippen LogP contribution in [0.4, 0.5) is 0 Å². The lowest BCUT2D eigenvalue weighted by molar-refractivity contribution is -0.870. The van der Waals surface area contributed by atoms with Crippen molar-refractivity contribution in [2.24, 2.45) is 0 Å². The zero-order valence-electron chi connectivity index (χ0n) is 53.4. The smallest absolute Gasteiger partial charge is 0.391 e. The number of aliphatic hydroxyl groups excluding tert-OH is 1. The van der Waals surface area contributed by atoms with E-state index in [9.17, 15) is 19.4 Å². The van der Waals surface area contributed by atoms with Gasteiger partial charge in [0.2, 0.25) is 5.91 Å². The predicted octanol–water partition coefficient (Wildman–Crippen LogP) is 21.8. The van der Waals surface area contributed by atoms with Crippen LogP contribution in [0.15, 0.2) is 48.6 Å². The Hall–Kier alpha value is -1.54. The molecule has 3 atom stereocenters. The first-order valence-corrected chi connectivity index (χ1v) is 36.0.